The third-order valence-corrected chi connectivity index (χ3v) is 3.93. The molecule has 1 amide bonds. The second-order valence-electron chi connectivity index (χ2n) is 5.46. The number of hydrogen-bond acceptors (Lipinski definition) is 2. The van der Waals surface area contributed by atoms with Gasteiger partial charge in [-0.2, -0.15) is 0 Å². The molecule has 3 nitrogen and oxygen atoms in total. The van der Waals surface area contributed by atoms with Crippen LogP contribution < -0.4 is 10.6 Å². The van der Waals surface area contributed by atoms with Crippen LogP contribution in [0.3, 0.4) is 0 Å². The standard InChI is InChI=1S/C18H20N2O/c21-17-12-11-16(13-19-17)20-18(14-7-3-1-4-8-14)15-9-5-2-6-10-15/h1-10,16,18,20H,11-13H2,(H,19,21). The van der Waals surface area contributed by atoms with Crippen molar-refractivity contribution in [1.82, 2.24) is 10.6 Å². The summed E-state index contributed by atoms with van der Waals surface area (Å²) in [5.74, 6) is 0.157. The molecular weight excluding hydrogens is 260 g/mol. The number of carbonyl (C=O) groups is 1. The molecule has 1 saturated heterocycles. The van der Waals surface area contributed by atoms with E-state index in [1.807, 2.05) is 12.1 Å². The number of hydrogen-bond donors (Lipinski definition) is 2. The number of carbonyl (C=O) groups excluding carboxylic acids is 1. The summed E-state index contributed by atoms with van der Waals surface area (Å²) in [5, 5.41) is 6.63. The number of rotatable bonds is 4. The Morgan fingerprint density at radius 2 is 1.52 bits per heavy atom. The average Bonchev–Trinajstić information content (AvgIpc) is 2.56. The number of piperidine rings is 1. The van der Waals surface area contributed by atoms with E-state index in [4.69, 9.17) is 0 Å². The normalized spacial score (nSPS) is 18.5. The molecule has 2 aromatic rings. The van der Waals surface area contributed by atoms with Crippen molar-refractivity contribution in [1.29, 1.82) is 0 Å². The van der Waals surface area contributed by atoms with Gasteiger partial charge in [-0.25, -0.2) is 0 Å². The highest BCUT2D eigenvalue weighted by molar-refractivity contribution is 5.76. The zero-order chi connectivity index (χ0) is 14.5. The summed E-state index contributed by atoms with van der Waals surface area (Å²) in [6, 6.07) is 21.4. The fourth-order valence-corrected chi connectivity index (χ4v) is 2.79. The first-order valence-corrected chi connectivity index (χ1v) is 7.45. The zero-order valence-electron chi connectivity index (χ0n) is 12.0. The van der Waals surface area contributed by atoms with E-state index < -0.39 is 0 Å². The van der Waals surface area contributed by atoms with E-state index in [9.17, 15) is 4.79 Å². The predicted molar refractivity (Wildman–Crippen MR) is 83.9 cm³/mol. The maximum absolute atomic E-state index is 11.3. The van der Waals surface area contributed by atoms with Crippen molar-refractivity contribution in [2.45, 2.75) is 24.9 Å². The molecule has 21 heavy (non-hydrogen) atoms. The third-order valence-electron chi connectivity index (χ3n) is 3.93. The Bertz CT molecular complexity index is 533. The van der Waals surface area contributed by atoms with Crippen molar-refractivity contribution in [3.05, 3.63) is 71.8 Å². The Morgan fingerprint density at radius 1 is 0.952 bits per heavy atom. The Morgan fingerprint density at radius 3 is 2.00 bits per heavy atom. The van der Waals surface area contributed by atoms with Gasteiger partial charge in [0.05, 0.1) is 6.04 Å². The topological polar surface area (TPSA) is 41.1 Å². The Hall–Kier alpha value is -2.13. The second-order valence-corrected chi connectivity index (χ2v) is 5.46. The fourth-order valence-electron chi connectivity index (χ4n) is 2.79. The maximum atomic E-state index is 11.3. The first-order valence-electron chi connectivity index (χ1n) is 7.45. The molecule has 0 saturated carbocycles. The molecule has 1 heterocycles. The van der Waals surface area contributed by atoms with Gasteiger partial charge in [0.15, 0.2) is 0 Å². The molecular formula is C18H20N2O. The monoisotopic (exact) mass is 280 g/mol. The third kappa shape index (κ3) is 3.50. The molecule has 3 heteroatoms. The Kier molecular flexibility index (Phi) is 4.31. The van der Waals surface area contributed by atoms with Crippen LogP contribution in [-0.2, 0) is 4.79 Å². The van der Waals surface area contributed by atoms with Gasteiger partial charge in [0.25, 0.3) is 0 Å². The molecule has 1 aliphatic heterocycles. The van der Waals surface area contributed by atoms with Crippen LogP contribution in [0.1, 0.15) is 30.0 Å². The second kappa shape index (κ2) is 6.55. The average molecular weight is 280 g/mol. The van der Waals surface area contributed by atoms with Crippen LogP contribution >= 0.6 is 0 Å². The molecule has 1 fully saturated rings. The minimum absolute atomic E-state index is 0.157. The lowest BCUT2D eigenvalue weighted by Gasteiger charge is -2.29. The van der Waals surface area contributed by atoms with Crippen molar-refractivity contribution in [2.24, 2.45) is 0 Å². The van der Waals surface area contributed by atoms with E-state index in [0.717, 1.165) is 6.42 Å². The smallest absolute Gasteiger partial charge is 0.220 e. The molecule has 1 aliphatic rings. The minimum Gasteiger partial charge on any atom is -0.355 e. The molecule has 0 aliphatic carbocycles. The van der Waals surface area contributed by atoms with Gasteiger partial charge >= 0.3 is 0 Å². The van der Waals surface area contributed by atoms with Crippen LogP contribution in [0.2, 0.25) is 0 Å². The fraction of sp³-hybridized carbons (Fsp3) is 0.278. The highest BCUT2D eigenvalue weighted by Crippen LogP contribution is 2.23. The van der Waals surface area contributed by atoms with E-state index in [0.29, 0.717) is 19.0 Å². The molecule has 3 rings (SSSR count). The first kappa shape index (κ1) is 13.8. The Balaban J connectivity index is 1.81. The summed E-state index contributed by atoms with van der Waals surface area (Å²) in [6.07, 6.45) is 1.50. The lowest BCUT2D eigenvalue weighted by atomic mass is 9.96. The lowest BCUT2D eigenvalue weighted by molar-refractivity contribution is -0.122. The van der Waals surface area contributed by atoms with Crippen LogP contribution in [0.4, 0.5) is 0 Å². The van der Waals surface area contributed by atoms with Crippen LogP contribution in [-0.4, -0.2) is 18.5 Å². The minimum atomic E-state index is 0.157. The van der Waals surface area contributed by atoms with Crippen molar-refractivity contribution >= 4 is 5.91 Å². The highest BCUT2D eigenvalue weighted by Gasteiger charge is 2.22. The summed E-state index contributed by atoms with van der Waals surface area (Å²) in [4.78, 5) is 11.3. The van der Waals surface area contributed by atoms with Crippen molar-refractivity contribution in [2.75, 3.05) is 6.54 Å². The summed E-state index contributed by atoms with van der Waals surface area (Å²) in [6.45, 7) is 0.703. The van der Waals surface area contributed by atoms with Crippen LogP contribution in [0.25, 0.3) is 0 Å². The van der Waals surface area contributed by atoms with E-state index in [2.05, 4.69) is 59.2 Å². The number of benzene rings is 2. The van der Waals surface area contributed by atoms with Gasteiger partial charge in [-0.15, -0.1) is 0 Å². The largest absolute Gasteiger partial charge is 0.355 e. The quantitative estimate of drug-likeness (QED) is 0.904. The van der Waals surface area contributed by atoms with Gasteiger partial charge in [-0.3, -0.25) is 4.79 Å². The van der Waals surface area contributed by atoms with Crippen molar-refractivity contribution in [3.8, 4) is 0 Å². The molecule has 108 valence electrons. The molecule has 0 bridgehead atoms. The number of amides is 1. The van der Waals surface area contributed by atoms with Gasteiger partial charge in [0.1, 0.15) is 0 Å². The molecule has 0 spiro atoms. The Labute approximate surface area is 125 Å². The van der Waals surface area contributed by atoms with Crippen molar-refractivity contribution < 1.29 is 4.79 Å². The van der Waals surface area contributed by atoms with E-state index in [1.165, 1.54) is 11.1 Å². The summed E-state index contributed by atoms with van der Waals surface area (Å²) >= 11 is 0. The highest BCUT2D eigenvalue weighted by atomic mass is 16.1. The van der Waals surface area contributed by atoms with Crippen LogP contribution in [0.5, 0.6) is 0 Å². The molecule has 0 aromatic heterocycles. The zero-order valence-corrected chi connectivity index (χ0v) is 12.0. The lowest BCUT2D eigenvalue weighted by Crippen LogP contribution is -2.47. The van der Waals surface area contributed by atoms with E-state index >= 15 is 0 Å². The SMILES string of the molecule is O=C1CCC(NC(c2ccccc2)c2ccccc2)CN1. The summed E-state index contributed by atoms with van der Waals surface area (Å²) in [5.41, 5.74) is 2.50. The van der Waals surface area contributed by atoms with Crippen molar-refractivity contribution in [3.63, 3.8) is 0 Å². The summed E-state index contributed by atoms with van der Waals surface area (Å²) < 4.78 is 0. The van der Waals surface area contributed by atoms with Gasteiger partial charge in [-0.05, 0) is 17.5 Å². The predicted octanol–water partition coefficient (Wildman–Crippen LogP) is 2.64. The van der Waals surface area contributed by atoms with Gasteiger partial charge in [-0.1, -0.05) is 60.7 Å². The maximum Gasteiger partial charge on any atom is 0.220 e. The molecule has 2 aromatic carbocycles. The molecule has 1 unspecified atom stereocenters. The van der Waals surface area contributed by atoms with Crippen LogP contribution in [0, 0.1) is 0 Å². The van der Waals surface area contributed by atoms with Gasteiger partial charge < -0.3 is 10.6 Å². The molecule has 2 N–H and O–H groups in total. The molecule has 0 radical (unpaired) electrons. The van der Waals surface area contributed by atoms with E-state index in [1.54, 1.807) is 0 Å². The van der Waals surface area contributed by atoms with E-state index in [-0.39, 0.29) is 11.9 Å². The summed E-state index contributed by atoms with van der Waals surface area (Å²) in [7, 11) is 0. The first-order chi connectivity index (χ1) is 10.3. The van der Waals surface area contributed by atoms with Gasteiger partial charge in [0, 0.05) is 19.0 Å². The van der Waals surface area contributed by atoms with Gasteiger partial charge in [0.2, 0.25) is 5.91 Å². The van der Waals surface area contributed by atoms with Crippen LogP contribution in [0.15, 0.2) is 60.7 Å². The number of nitrogens with one attached hydrogen (secondary N) is 2. The molecule has 1 atom stereocenters.